The van der Waals surface area contributed by atoms with E-state index in [4.69, 9.17) is 4.42 Å². The Hall–Kier alpha value is -2.56. The van der Waals surface area contributed by atoms with E-state index in [1.807, 2.05) is 12.1 Å². The van der Waals surface area contributed by atoms with Gasteiger partial charge in [0.1, 0.15) is 11.5 Å². The minimum Gasteiger partial charge on any atom is -0.466 e. The molecule has 2 amide bonds. The van der Waals surface area contributed by atoms with Crippen molar-refractivity contribution in [2.45, 2.75) is 40.0 Å². The van der Waals surface area contributed by atoms with Crippen LogP contribution < -0.4 is 10.9 Å². The summed E-state index contributed by atoms with van der Waals surface area (Å²) in [7, 11) is 0. The third kappa shape index (κ3) is 4.71. The molecule has 5 nitrogen and oxygen atoms in total. The van der Waals surface area contributed by atoms with Crippen molar-refractivity contribution in [1.82, 2.24) is 10.9 Å². The molecule has 0 aliphatic heterocycles. The summed E-state index contributed by atoms with van der Waals surface area (Å²) in [5.74, 6) is 0.593. The van der Waals surface area contributed by atoms with Crippen molar-refractivity contribution in [3.8, 4) is 0 Å². The fourth-order valence-corrected chi connectivity index (χ4v) is 2.31. The number of aryl methyl sites for hydroxylation is 4. The fourth-order valence-electron chi connectivity index (χ4n) is 2.31. The maximum absolute atomic E-state index is 11.9. The van der Waals surface area contributed by atoms with Crippen molar-refractivity contribution >= 4 is 11.8 Å². The van der Waals surface area contributed by atoms with Crippen molar-refractivity contribution in [2.75, 3.05) is 0 Å². The summed E-state index contributed by atoms with van der Waals surface area (Å²) in [6, 6.07) is 9.84. The second-order valence-corrected chi connectivity index (χ2v) is 5.50. The zero-order chi connectivity index (χ0) is 16.8. The molecule has 1 heterocycles. The molecule has 0 saturated carbocycles. The van der Waals surface area contributed by atoms with Crippen LogP contribution in [0.2, 0.25) is 0 Å². The Morgan fingerprint density at radius 2 is 1.70 bits per heavy atom. The van der Waals surface area contributed by atoms with Crippen LogP contribution in [0.3, 0.4) is 0 Å². The summed E-state index contributed by atoms with van der Waals surface area (Å²) >= 11 is 0. The minimum absolute atomic E-state index is 0.226. The van der Waals surface area contributed by atoms with Crippen molar-refractivity contribution in [3.63, 3.8) is 0 Å². The van der Waals surface area contributed by atoms with Crippen LogP contribution >= 0.6 is 0 Å². The number of hydrazine groups is 1. The number of hydrogen-bond acceptors (Lipinski definition) is 3. The SMILES string of the molecule is CCc1ccc(CCC(=O)NNC(=O)c2cc(C)oc2C)cc1. The first-order valence-electron chi connectivity index (χ1n) is 7.73. The number of carbonyl (C=O) groups is 2. The van der Waals surface area contributed by atoms with Crippen LogP contribution in [0, 0.1) is 13.8 Å². The standard InChI is InChI=1S/C18H22N2O3/c1-4-14-5-7-15(8-6-14)9-10-17(21)19-20-18(22)16-11-12(2)23-13(16)3/h5-8,11H,4,9-10H2,1-3H3,(H,19,21)(H,20,22). The Kier molecular flexibility index (Phi) is 5.57. The molecule has 0 spiro atoms. The molecule has 2 aromatic rings. The van der Waals surface area contributed by atoms with E-state index in [0.717, 1.165) is 12.0 Å². The van der Waals surface area contributed by atoms with Gasteiger partial charge in [0, 0.05) is 6.42 Å². The van der Waals surface area contributed by atoms with E-state index < -0.39 is 0 Å². The summed E-state index contributed by atoms with van der Waals surface area (Å²) in [5.41, 5.74) is 7.64. The molecule has 0 saturated heterocycles. The normalized spacial score (nSPS) is 10.4. The molecule has 0 atom stereocenters. The van der Waals surface area contributed by atoms with Gasteiger partial charge in [0.2, 0.25) is 5.91 Å². The van der Waals surface area contributed by atoms with Crippen LogP contribution in [-0.2, 0) is 17.6 Å². The molecule has 2 N–H and O–H groups in total. The molecule has 5 heteroatoms. The Balaban J connectivity index is 1.78. The molecule has 0 aliphatic rings. The summed E-state index contributed by atoms with van der Waals surface area (Å²) in [4.78, 5) is 23.8. The second kappa shape index (κ2) is 7.63. The lowest BCUT2D eigenvalue weighted by molar-refractivity contribution is -0.121. The van der Waals surface area contributed by atoms with Gasteiger partial charge in [-0.1, -0.05) is 31.2 Å². The highest BCUT2D eigenvalue weighted by molar-refractivity contribution is 5.96. The molecule has 0 bridgehead atoms. The van der Waals surface area contributed by atoms with Crippen LogP contribution in [0.1, 0.15) is 46.3 Å². The van der Waals surface area contributed by atoms with Crippen LogP contribution in [0.15, 0.2) is 34.7 Å². The number of rotatable bonds is 5. The monoisotopic (exact) mass is 314 g/mol. The van der Waals surface area contributed by atoms with Crippen molar-refractivity contribution < 1.29 is 14.0 Å². The summed E-state index contributed by atoms with van der Waals surface area (Å²) in [5, 5.41) is 0. The topological polar surface area (TPSA) is 71.3 Å². The molecular weight excluding hydrogens is 292 g/mol. The largest absolute Gasteiger partial charge is 0.466 e. The molecule has 1 aromatic carbocycles. The van der Waals surface area contributed by atoms with Gasteiger partial charge >= 0.3 is 0 Å². The van der Waals surface area contributed by atoms with Crippen LogP contribution in [0.4, 0.5) is 0 Å². The van der Waals surface area contributed by atoms with Gasteiger partial charge in [0.15, 0.2) is 0 Å². The minimum atomic E-state index is -0.375. The number of nitrogens with one attached hydrogen (secondary N) is 2. The summed E-state index contributed by atoms with van der Waals surface area (Å²) < 4.78 is 5.29. The van der Waals surface area contributed by atoms with Crippen molar-refractivity contribution in [1.29, 1.82) is 0 Å². The van der Waals surface area contributed by atoms with E-state index in [0.29, 0.717) is 29.9 Å². The molecule has 122 valence electrons. The van der Waals surface area contributed by atoms with E-state index in [2.05, 4.69) is 29.9 Å². The predicted octanol–water partition coefficient (Wildman–Crippen LogP) is 2.85. The van der Waals surface area contributed by atoms with E-state index >= 15 is 0 Å². The molecule has 1 aromatic heterocycles. The average molecular weight is 314 g/mol. The first kappa shape index (κ1) is 16.8. The Bertz CT molecular complexity index is 687. The van der Waals surface area contributed by atoms with Crippen LogP contribution in [0.25, 0.3) is 0 Å². The van der Waals surface area contributed by atoms with E-state index in [-0.39, 0.29) is 11.8 Å². The lowest BCUT2D eigenvalue weighted by Crippen LogP contribution is -2.41. The molecular formula is C18H22N2O3. The Morgan fingerprint density at radius 1 is 1.04 bits per heavy atom. The van der Waals surface area contributed by atoms with Gasteiger partial charge < -0.3 is 4.42 Å². The van der Waals surface area contributed by atoms with Gasteiger partial charge in [-0.2, -0.15) is 0 Å². The van der Waals surface area contributed by atoms with Gasteiger partial charge in [0.25, 0.3) is 5.91 Å². The van der Waals surface area contributed by atoms with Crippen molar-refractivity contribution in [3.05, 3.63) is 58.5 Å². The zero-order valence-electron chi connectivity index (χ0n) is 13.7. The lowest BCUT2D eigenvalue weighted by atomic mass is 10.1. The van der Waals surface area contributed by atoms with E-state index in [1.54, 1.807) is 19.9 Å². The molecule has 0 radical (unpaired) electrons. The third-order valence-corrected chi connectivity index (χ3v) is 3.67. The van der Waals surface area contributed by atoms with Gasteiger partial charge in [-0.15, -0.1) is 0 Å². The summed E-state index contributed by atoms with van der Waals surface area (Å²) in [6.07, 6.45) is 1.95. The number of carbonyl (C=O) groups excluding carboxylic acids is 2. The quantitative estimate of drug-likeness (QED) is 0.834. The number of hydrogen-bond donors (Lipinski definition) is 2. The Morgan fingerprint density at radius 3 is 2.26 bits per heavy atom. The second-order valence-electron chi connectivity index (χ2n) is 5.50. The first-order valence-corrected chi connectivity index (χ1v) is 7.73. The molecule has 2 rings (SSSR count). The first-order chi connectivity index (χ1) is 11.0. The fraction of sp³-hybridized carbons (Fsp3) is 0.333. The highest BCUT2D eigenvalue weighted by Gasteiger charge is 2.14. The smallest absolute Gasteiger partial charge is 0.273 e. The van der Waals surface area contributed by atoms with Crippen LogP contribution in [-0.4, -0.2) is 11.8 Å². The van der Waals surface area contributed by atoms with Gasteiger partial charge in [-0.25, -0.2) is 0 Å². The zero-order valence-corrected chi connectivity index (χ0v) is 13.7. The van der Waals surface area contributed by atoms with Gasteiger partial charge in [0.05, 0.1) is 5.56 Å². The lowest BCUT2D eigenvalue weighted by Gasteiger charge is -2.07. The Labute approximate surface area is 136 Å². The number of amides is 2. The third-order valence-electron chi connectivity index (χ3n) is 3.67. The van der Waals surface area contributed by atoms with Gasteiger partial charge in [-0.05, 0) is 43.9 Å². The average Bonchev–Trinajstić information content (AvgIpc) is 2.89. The van der Waals surface area contributed by atoms with E-state index in [1.165, 1.54) is 5.56 Å². The molecule has 0 fully saturated rings. The van der Waals surface area contributed by atoms with Crippen molar-refractivity contribution in [2.24, 2.45) is 0 Å². The molecule has 0 aliphatic carbocycles. The predicted molar refractivity (Wildman–Crippen MR) is 87.9 cm³/mol. The maximum atomic E-state index is 11.9. The van der Waals surface area contributed by atoms with E-state index in [9.17, 15) is 9.59 Å². The maximum Gasteiger partial charge on any atom is 0.273 e. The highest BCUT2D eigenvalue weighted by atomic mass is 16.3. The summed E-state index contributed by atoms with van der Waals surface area (Å²) in [6.45, 7) is 5.59. The number of benzene rings is 1. The highest BCUT2D eigenvalue weighted by Crippen LogP contribution is 2.13. The number of furan rings is 1. The van der Waals surface area contributed by atoms with Gasteiger partial charge in [-0.3, -0.25) is 20.4 Å². The molecule has 23 heavy (non-hydrogen) atoms. The van der Waals surface area contributed by atoms with Crippen LogP contribution in [0.5, 0.6) is 0 Å². The molecule has 0 unspecified atom stereocenters.